The van der Waals surface area contributed by atoms with Gasteiger partial charge in [-0.15, -0.1) is 0 Å². The number of carbonyl (C=O) groups excluding carboxylic acids is 2. The minimum Gasteiger partial charge on any atom is -0.386 e. The van der Waals surface area contributed by atoms with Crippen molar-refractivity contribution in [2.24, 2.45) is 0 Å². The van der Waals surface area contributed by atoms with E-state index in [4.69, 9.17) is 4.74 Å². The second kappa shape index (κ2) is 5.18. The molecule has 4 rings (SSSR count). The van der Waals surface area contributed by atoms with Gasteiger partial charge in [0.1, 0.15) is 0 Å². The Balaban J connectivity index is 1.91. The third-order valence-electron chi connectivity index (χ3n) is 3.82. The van der Waals surface area contributed by atoms with Gasteiger partial charge in [0.2, 0.25) is 0 Å². The van der Waals surface area contributed by atoms with E-state index in [1.165, 1.54) is 0 Å². The number of carbonyl (C=O) groups is 2. The molecule has 2 aromatic carbocycles. The fraction of sp³-hybridized carbons (Fsp3) is 0. The van der Waals surface area contributed by atoms with Crippen molar-refractivity contribution in [1.29, 1.82) is 0 Å². The van der Waals surface area contributed by atoms with E-state index >= 15 is 0 Å². The Bertz CT molecular complexity index is 954. The Morgan fingerprint density at radius 3 is 2.43 bits per heavy atom. The first-order chi connectivity index (χ1) is 11.2. The minimum atomic E-state index is -0.598. The molecule has 3 aromatic rings. The van der Waals surface area contributed by atoms with Gasteiger partial charge in [-0.3, -0.25) is 4.98 Å². The summed E-state index contributed by atoms with van der Waals surface area (Å²) >= 11 is 0. The van der Waals surface area contributed by atoms with Crippen LogP contribution in [0, 0.1) is 0 Å². The molecule has 23 heavy (non-hydrogen) atoms. The standard InChI is InChI=1S/C19H11NO3/c21-18-15-6-3-5-14-12(7-9-13-4-1-2-11-20-13)8-10-16(17(14)15)19(22)23-18/h1-11H. The second-order valence-corrected chi connectivity index (χ2v) is 5.20. The van der Waals surface area contributed by atoms with Crippen LogP contribution in [0.1, 0.15) is 32.0 Å². The molecule has 0 amide bonds. The van der Waals surface area contributed by atoms with Gasteiger partial charge in [-0.2, -0.15) is 0 Å². The topological polar surface area (TPSA) is 56.3 Å². The molecule has 4 nitrogen and oxygen atoms in total. The van der Waals surface area contributed by atoms with Crippen molar-refractivity contribution >= 4 is 34.9 Å². The molecule has 0 spiro atoms. The smallest absolute Gasteiger partial charge is 0.346 e. The van der Waals surface area contributed by atoms with Crippen molar-refractivity contribution < 1.29 is 14.3 Å². The van der Waals surface area contributed by atoms with Crippen LogP contribution in [0.25, 0.3) is 22.9 Å². The molecular formula is C19H11NO3. The lowest BCUT2D eigenvalue weighted by Gasteiger charge is -2.16. The van der Waals surface area contributed by atoms with Crippen LogP contribution in [0.4, 0.5) is 0 Å². The number of esters is 2. The quantitative estimate of drug-likeness (QED) is 0.535. The van der Waals surface area contributed by atoms with Gasteiger partial charge in [0.25, 0.3) is 0 Å². The molecule has 1 aliphatic heterocycles. The van der Waals surface area contributed by atoms with Gasteiger partial charge in [-0.05, 0) is 41.3 Å². The van der Waals surface area contributed by atoms with Gasteiger partial charge in [-0.25, -0.2) is 9.59 Å². The third kappa shape index (κ3) is 2.21. The summed E-state index contributed by atoms with van der Waals surface area (Å²) in [5.41, 5.74) is 2.59. The van der Waals surface area contributed by atoms with Crippen molar-refractivity contribution in [2.75, 3.05) is 0 Å². The minimum absolute atomic E-state index is 0.421. The zero-order chi connectivity index (χ0) is 15.8. The third-order valence-corrected chi connectivity index (χ3v) is 3.82. The largest absolute Gasteiger partial charge is 0.386 e. The first-order valence-corrected chi connectivity index (χ1v) is 7.15. The summed E-state index contributed by atoms with van der Waals surface area (Å²) < 4.78 is 4.77. The molecule has 0 radical (unpaired) electrons. The number of hydrogen-bond donors (Lipinski definition) is 0. The van der Waals surface area contributed by atoms with E-state index in [9.17, 15) is 9.59 Å². The Kier molecular flexibility index (Phi) is 3.01. The van der Waals surface area contributed by atoms with Crippen molar-refractivity contribution in [1.82, 2.24) is 4.98 Å². The van der Waals surface area contributed by atoms with Crippen LogP contribution in [0.2, 0.25) is 0 Å². The number of benzene rings is 2. The molecule has 0 N–H and O–H groups in total. The zero-order valence-electron chi connectivity index (χ0n) is 12.0. The average molecular weight is 301 g/mol. The summed E-state index contributed by atoms with van der Waals surface area (Å²) in [6, 6.07) is 14.6. The fourth-order valence-corrected chi connectivity index (χ4v) is 2.76. The molecule has 0 aliphatic carbocycles. The predicted octanol–water partition coefficient (Wildman–Crippen LogP) is 3.72. The molecule has 0 saturated carbocycles. The normalized spacial score (nSPS) is 13.6. The SMILES string of the molecule is O=C1OC(=O)c2ccc(C=Cc3ccccn3)c3cccc1c23. The van der Waals surface area contributed by atoms with Gasteiger partial charge in [0.15, 0.2) is 0 Å². The molecule has 4 heteroatoms. The van der Waals surface area contributed by atoms with E-state index in [2.05, 4.69) is 4.98 Å². The maximum atomic E-state index is 11.9. The van der Waals surface area contributed by atoms with Gasteiger partial charge in [0.05, 0.1) is 16.8 Å². The Hall–Kier alpha value is -3.27. The maximum Gasteiger partial charge on any atom is 0.346 e. The number of nitrogens with zero attached hydrogens (tertiary/aromatic N) is 1. The lowest BCUT2D eigenvalue weighted by Crippen LogP contribution is -2.19. The summed E-state index contributed by atoms with van der Waals surface area (Å²) in [7, 11) is 0. The fourth-order valence-electron chi connectivity index (χ4n) is 2.76. The molecule has 0 unspecified atom stereocenters. The second-order valence-electron chi connectivity index (χ2n) is 5.20. The predicted molar refractivity (Wildman–Crippen MR) is 86.9 cm³/mol. The molecular weight excluding hydrogens is 290 g/mol. The Morgan fingerprint density at radius 1 is 0.826 bits per heavy atom. The van der Waals surface area contributed by atoms with Crippen molar-refractivity contribution in [3.05, 3.63) is 77.1 Å². The van der Waals surface area contributed by atoms with Gasteiger partial charge in [0, 0.05) is 11.6 Å². The highest BCUT2D eigenvalue weighted by atomic mass is 16.6. The van der Waals surface area contributed by atoms with Crippen LogP contribution >= 0.6 is 0 Å². The molecule has 1 aromatic heterocycles. The van der Waals surface area contributed by atoms with Gasteiger partial charge in [-0.1, -0.05) is 30.3 Å². The van der Waals surface area contributed by atoms with Crippen molar-refractivity contribution in [2.45, 2.75) is 0 Å². The summed E-state index contributed by atoms with van der Waals surface area (Å²) in [4.78, 5) is 28.0. The Labute approximate surface area is 132 Å². The number of cyclic esters (lactones) is 2. The van der Waals surface area contributed by atoms with Crippen LogP contribution in [-0.2, 0) is 4.74 Å². The van der Waals surface area contributed by atoms with Crippen molar-refractivity contribution in [3.63, 3.8) is 0 Å². The van der Waals surface area contributed by atoms with Crippen LogP contribution in [0.5, 0.6) is 0 Å². The summed E-state index contributed by atoms with van der Waals surface area (Å²) in [6.07, 6.45) is 5.55. The number of hydrogen-bond acceptors (Lipinski definition) is 4. The van der Waals surface area contributed by atoms with E-state index < -0.39 is 11.9 Å². The molecule has 2 heterocycles. The molecule has 0 fully saturated rings. The summed E-state index contributed by atoms with van der Waals surface area (Å²) in [5, 5.41) is 1.49. The number of aromatic nitrogens is 1. The monoisotopic (exact) mass is 301 g/mol. The van der Waals surface area contributed by atoms with Crippen LogP contribution in [-0.4, -0.2) is 16.9 Å². The van der Waals surface area contributed by atoms with E-state index in [1.807, 2.05) is 42.5 Å². The van der Waals surface area contributed by atoms with E-state index in [-0.39, 0.29) is 0 Å². The summed E-state index contributed by atoms with van der Waals surface area (Å²) in [5.74, 6) is -1.20. The first kappa shape index (κ1) is 13.4. The Morgan fingerprint density at radius 2 is 1.65 bits per heavy atom. The number of rotatable bonds is 2. The first-order valence-electron chi connectivity index (χ1n) is 7.15. The average Bonchev–Trinajstić information content (AvgIpc) is 2.59. The van der Waals surface area contributed by atoms with E-state index in [0.717, 1.165) is 16.6 Å². The highest BCUT2D eigenvalue weighted by Gasteiger charge is 2.27. The molecule has 0 saturated heterocycles. The van der Waals surface area contributed by atoms with Crippen LogP contribution in [0.15, 0.2) is 54.7 Å². The van der Waals surface area contributed by atoms with Crippen LogP contribution < -0.4 is 0 Å². The molecule has 1 aliphatic rings. The van der Waals surface area contributed by atoms with E-state index in [0.29, 0.717) is 16.5 Å². The van der Waals surface area contributed by atoms with Crippen molar-refractivity contribution in [3.8, 4) is 0 Å². The number of pyridine rings is 1. The lowest BCUT2D eigenvalue weighted by atomic mass is 9.93. The van der Waals surface area contributed by atoms with Crippen LogP contribution in [0.3, 0.4) is 0 Å². The molecule has 0 atom stereocenters. The maximum absolute atomic E-state index is 11.9. The van der Waals surface area contributed by atoms with E-state index in [1.54, 1.807) is 24.4 Å². The highest BCUT2D eigenvalue weighted by Crippen LogP contribution is 2.31. The molecule has 110 valence electrons. The molecule has 0 bridgehead atoms. The number of ether oxygens (including phenoxy) is 1. The highest BCUT2D eigenvalue weighted by molar-refractivity contribution is 6.21. The van der Waals surface area contributed by atoms with Gasteiger partial charge < -0.3 is 4.74 Å². The van der Waals surface area contributed by atoms with Gasteiger partial charge >= 0.3 is 11.9 Å². The summed E-state index contributed by atoms with van der Waals surface area (Å²) in [6.45, 7) is 0. The lowest BCUT2D eigenvalue weighted by molar-refractivity contribution is 0.0391. The zero-order valence-corrected chi connectivity index (χ0v) is 12.0.